The molecule has 0 bridgehead atoms. The van der Waals surface area contributed by atoms with Crippen LogP contribution in [0.1, 0.15) is 21.5 Å². The van der Waals surface area contributed by atoms with E-state index in [1.54, 1.807) is 13.0 Å². The minimum Gasteiger partial charge on any atom is -0.480 e. The number of aliphatic carboxylic acids is 1. The SMILES string of the molecule is COCC(NC(=O)c1cc(C)c(Br)cc1C)C(=O)O. The Kier molecular flexibility index (Phi) is 5.50. The number of aryl methyl sites for hydroxylation is 2. The van der Waals surface area contributed by atoms with E-state index < -0.39 is 17.9 Å². The molecule has 1 atom stereocenters. The van der Waals surface area contributed by atoms with Gasteiger partial charge in [-0.15, -0.1) is 0 Å². The van der Waals surface area contributed by atoms with E-state index in [-0.39, 0.29) is 6.61 Å². The van der Waals surface area contributed by atoms with Gasteiger partial charge in [0.15, 0.2) is 6.04 Å². The van der Waals surface area contributed by atoms with E-state index in [4.69, 9.17) is 9.84 Å². The Bertz CT molecular complexity index is 502. The van der Waals surface area contributed by atoms with Crippen LogP contribution >= 0.6 is 15.9 Å². The number of amides is 1. The topological polar surface area (TPSA) is 75.6 Å². The molecule has 0 heterocycles. The summed E-state index contributed by atoms with van der Waals surface area (Å²) in [6.07, 6.45) is 0. The normalized spacial score (nSPS) is 12.0. The third-order valence-corrected chi connectivity index (χ3v) is 3.54. The van der Waals surface area contributed by atoms with Crippen LogP contribution < -0.4 is 5.32 Å². The molecule has 0 saturated heterocycles. The molecular formula is C13H16BrNO4. The van der Waals surface area contributed by atoms with Crippen LogP contribution in [-0.2, 0) is 9.53 Å². The van der Waals surface area contributed by atoms with Crippen LogP contribution in [0.3, 0.4) is 0 Å². The molecule has 1 aromatic rings. The number of nitrogens with one attached hydrogen (secondary N) is 1. The predicted molar refractivity (Wildman–Crippen MR) is 74.4 cm³/mol. The van der Waals surface area contributed by atoms with Gasteiger partial charge in [-0.25, -0.2) is 4.79 Å². The second-order valence-electron chi connectivity index (χ2n) is 4.24. The molecule has 1 aromatic carbocycles. The van der Waals surface area contributed by atoms with Crippen molar-refractivity contribution in [3.05, 3.63) is 33.3 Å². The first-order valence-electron chi connectivity index (χ1n) is 5.66. The standard InChI is InChI=1S/C13H16BrNO4/c1-7-5-10(14)8(2)4-9(7)12(16)15-11(6-19-3)13(17)18/h4-5,11H,6H2,1-3H3,(H,15,16)(H,17,18). The van der Waals surface area contributed by atoms with Gasteiger partial charge < -0.3 is 15.2 Å². The molecule has 1 unspecified atom stereocenters. The summed E-state index contributed by atoms with van der Waals surface area (Å²) in [7, 11) is 1.39. The van der Waals surface area contributed by atoms with Crippen LogP contribution in [0.15, 0.2) is 16.6 Å². The number of carbonyl (C=O) groups is 2. The molecule has 0 saturated carbocycles. The van der Waals surface area contributed by atoms with Crippen molar-refractivity contribution in [1.82, 2.24) is 5.32 Å². The molecule has 0 aliphatic rings. The summed E-state index contributed by atoms with van der Waals surface area (Å²) in [6, 6.07) is 2.50. The first-order chi connectivity index (χ1) is 8.86. The van der Waals surface area contributed by atoms with Gasteiger partial charge in [0.05, 0.1) is 6.61 Å². The Morgan fingerprint density at radius 2 is 2.00 bits per heavy atom. The molecule has 1 amide bonds. The lowest BCUT2D eigenvalue weighted by Gasteiger charge is -2.15. The monoisotopic (exact) mass is 329 g/mol. The lowest BCUT2D eigenvalue weighted by molar-refractivity contribution is -0.140. The van der Waals surface area contributed by atoms with E-state index >= 15 is 0 Å². The van der Waals surface area contributed by atoms with Crippen molar-refractivity contribution >= 4 is 27.8 Å². The molecule has 0 aliphatic heterocycles. The Balaban J connectivity index is 2.94. The van der Waals surface area contributed by atoms with Crippen LogP contribution in [-0.4, -0.2) is 36.7 Å². The highest BCUT2D eigenvalue weighted by molar-refractivity contribution is 9.10. The number of carbonyl (C=O) groups excluding carboxylic acids is 1. The summed E-state index contributed by atoms with van der Waals surface area (Å²) < 4.78 is 5.68. The minimum absolute atomic E-state index is 0.0738. The minimum atomic E-state index is -1.12. The summed E-state index contributed by atoms with van der Waals surface area (Å²) in [5.74, 6) is -1.54. The Labute approximate surface area is 120 Å². The van der Waals surface area contributed by atoms with Crippen molar-refractivity contribution in [2.45, 2.75) is 19.9 Å². The van der Waals surface area contributed by atoms with Gasteiger partial charge in [0.2, 0.25) is 0 Å². The van der Waals surface area contributed by atoms with Gasteiger partial charge in [-0.1, -0.05) is 15.9 Å². The maximum Gasteiger partial charge on any atom is 0.328 e. The fraction of sp³-hybridized carbons (Fsp3) is 0.385. The quantitative estimate of drug-likeness (QED) is 0.865. The molecule has 1 rings (SSSR count). The van der Waals surface area contributed by atoms with Crippen molar-refractivity contribution in [3.8, 4) is 0 Å². The zero-order valence-electron chi connectivity index (χ0n) is 11.0. The number of halogens is 1. The zero-order valence-corrected chi connectivity index (χ0v) is 12.6. The average molecular weight is 330 g/mol. The van der Waals surface area contributed by atoms with E-state index in [0.29, 0.717) is 5.56 Å². The number of ether oxygens (including phenoxy) is 1. The fourth-order valence-electron chi connectivity index (χ4n) is 1.60. The van der Waals surface area contributed by atoms with Gasteiger partial charge in [0, 0.05) is 17.1 Å². The highest BCUT2D eigenvalue weighted by Crippen LogP contribution is 2.21. The smallest absolute Gasteiger partial charge is 0.328 e. The van der Waals surface area contributed by atoms with Crippen LogP contribution in [0.25, 0.3) is 0 Å². The van der Waals surface area contributed by atoms with Crippen LogP contribution in [0, 0.1) is 13.8 Å². The van der Waals surface area contributed by atoms with Crippen molar-refractivity contribution in [1.29, 1.82) is 0 Å². The van der Waals surface area contributed by atoms with Crippen molar-refractivity contribution in [2.75, 3.05) is 13.7 Å². The first kappa shape index (κ1) is 15.7. The summed E-state index contributed by atoms with van der Waals surface area (Å²) in [4.78, 5) is 23.0. The molecule has 6 heteroatoms. The molecule has 104 valence electrons. The first-order valence-corrected chi connectivity index (χ1v) is 6.45. The van der Waals surface area contributed by atoms with Crippen molar-refractivity contribution < 1.29 is 19.4 Å². The number of carboxylic acid groups (broad SMARTS) is 1. The van der Waals surface area contributed by atoms with Crippen molar-refractivity contribution in [3.63, 3.8) is 0 Å². The third kappa shape index (κ3) is 4.04. The number of hydrogen-bond acceptors (Lipinski definition) is 3. The molecule has 19 heavy (non-hydrogen) atoms. The molecule has 0 fully saturated rings. The molecule has 2 N–H and O–H groups in total. The van der Waals surface area contributed by atoms with E-state index in [1.807, 2.05) is 13.0 Å². The van der Waals surface area contributed by atoms with Crippen LogP contribution in [0.4, 0.5) is 0 Å². The molecule has 0 radical (unpaired) electrons. The van der Waals surface area contributed by atoms with Gasteiger partial charge in [-0.2, -0.15) is 0 Å². The maximum atomic E-state index is 12.1. The summed E-state index contributed by atoms with van der Waals surface area (Å²) >= 11 is 3.38. The highest BCUT2D eigenvalue weighted by atomic mass is 79.9. The fourth-order valence-corrected chi connectivity index (χ4v) is 2.06. The van der Waals surface area contributed by atoms with E-state index in [2.05, 4.69) is 21.2 Å². The summed E-state index contributed by atoms with van der Waals surface area (Å²) in [5, 5.41) is 11.4. The highest BCUT2D eigenvalue weighted by Gasteiger charge is 2.21. The second kappa shape index (κ2) is 6.68. The van der Waals surface area contributed by atoms with Gasteiger partial charge in [-0.05, 0) is 37.1 Å². The number of benzene rings is 1. The number of methoxy groups -OCH3 is 1. The van der Waals surface area contributed by atoms with Crippen molar-refractivity contribution in [2.24, 2.45) is 0 Å². The second-order valence-corrected chi connectivity index (χ2v) is 5.09. The number of rotatable bonds is 5. The van der Waals surface area contributed by atoms with Gasteiger partial charge in [-0.3, -0.25) is 4.79 Å². The summed E-state index contributed by atoms with van der Waals surface area (Å²) in [6.45, 7) is 3.59. The average Bonchev–Trinajstić information content (AvgIpc) is 2.32. The van der Waals surface area contributed by atoms with Crippen LogP contribution in [0.5, 0.6) is 0 Å². The van der Waals surface area contributed by atoms with Crippen LogP contribution in [0.2, 0.25) is 0 Å². The molecule has 5 nitrogen and oxygen atoms in total. The van der Waals surface area contributed by atoms with E-state index in [0.717, 1.165) is 15.6 Å². The Morgan fingerprint density at radius 1 is 1.37 bits per heavy atom. The molecular weight excluding hydrogens is 314 g/mol. The number of hydrogen-bond donors (Lipinski definition) is 2. The van der Waals surface area contributed by atoms with Gasteiger partial charge in [0.25, 0.3) is 5.91 Å². The van der Waals surface area contributed by atoms with E-state index in [9.17, 15) is 9.59 Å². The largest absolute Gasteiger partial charge is 0.480 e. The Hall–Kier alpha value is -1.40. The van der Waals surface area contributed by atoms with Gasteiger partial charge >= 0.3 is 5.97 Å². The zero-order chi connectivity index (χ0) is 14.6. The molecule has 0 spiro atoms. The number of carboxylic acids is 1. The summed E-state index contributed by atoms with van der Waals surface area (Å²) in [5.41, 5.74) is 2.15. The molecule has 0 aliphatic carbocycles. The maximum absolute atomic E-state index is 12.1. The van der Waals surface area contributed by atoms with E-state index in [1.165, 1.54) is 7.11 Å². The molecule has 0 aromatic heterocycles. The Morgan fingerprint density at radius 3 is 2.53 bits per heavy atom. The predicted octanol–water partition coefficient (Wildman–Crippen LogP) is 1.90. The lowest BCUT2D eigenvalue weighted by Crippen LogP contribution is -2.44. The van der Waals surface area contributed by atoms with Gasteiger partial charge in [0.1, 0.15) is 0 Å². The third-order valence-electron chi connectivity index (χ3n) is 2.69. The lowest BCUT2D eigenvalue weighted by atomic mass is 10.0.